The molecule has 1 fully saturated rings. The minimum Gasteiger partial charge on any atom is -0.368 e. The van der Waals surface area contributed by atoms with Gasteiger partial charge in [0.2, 0.25) is 5.91 Å². The highest BCUT2D eigenvalue weighted by atomic mass is 16.2. The predicted octanol–water partition coefficient (Wildman–Crippen LogP) is 0.338. The molecule has 0 spiro atoms. The zero-order valence-electron chi connectivity index (χ0n) is 10.8. The van der Waals surface area contributed by atoms with Crippen molar-refractivity contribution in [3.8, 4) is 0 Å². The molecule has 5 amide bonds. The fourth-order valence-corrected chi connectivity index (χ4v) is 1.99. The van der Waals surface area contributed by atoms with Crippen LogP contribution in [0, 0.1) is 0 Å². The van der Waals surface area contributed by atoms with Gasteiger partial charge < -0.3 is 16.4 Å². The highest BCUT2D eigenvalue weighted by Gasteiger charge is 2.28. The van der Waals surface area contributed by atoms with E-state index >= 15 is 0 Å². The zero-order chi connectivity index (χ0) is 14.5. The second-order valence-corrected chi connectivity index (χ2v) is 4.43. The van der Waals surface area contributed by atoms with Crippen LogP contribution in [0.3, 0.4) is 0 Å². The third-order valence-electron chi connectivity index (χ3n) is 3.01. The number of benzene rings is 1. The smallest absolute Gasteiger partial charge is 0.326 e. The number of nitrogens with two attached hydrogens (primary N) is 1. The van der Waals surface area contributed by atoms with Crippen molar-refractivity contribution >= 4 is 18.0 Å². The van der Waals surface area contributed by atoms with Gasteiger partial charge in [-0.15, -0.1) is 0 Å². The number of imide groups is 1. The lowest BCUT2D eigenvalue weighted by atomic mass is 10.1. The largest absolute Gasteiger partial charge is 0.368 e. The number of carbonyl (C=O) groups excluding carboxylic acids is 3. The normalized spacial score (nSPS) is 16.2. The van der Waals surface area contributed by atoms with E-state index in [4.69, 9.17) is 5.73 Å². The maximum absolute atomic E-state index is 12.0. The van der Waals surface area contributed by atoms with Crippen LogP contribution < -0.4 is 16.4 Å². The van der Waals surface area contributed by atoms with Gasteiger partial charge in [0, 0.05) is 13.1 Å². The van der Waals surface area contributed by atoms with Gasteiger partial charge >= 0.3 is 12.1 Å². The Morgan fingerprint density at radius 2 is 2.00 bits per heavy atom. The summed E-state index contributed by atoms with van der Waals surface area (Å²) < 4.78 is 0. The van der Waals surface area contributed by atoms with Crippen LogP contribution in [0.1, 0.15) is 18.0 Å². The number of rotatable bonds is 3. The summed E-state index contributed by atoms with van der Waals surface area (Å²) in [6.07, 6.45) is 0.672. The van der Waals surface area contributed by atoms with E-state index in [0.717, 1.165) is 4.90 Å². The number of nitrogens with zero attached hydrogens (tertiary/aromatic N) is 1. The van der Waals surface area contributed by atoms with Crippen LogP contribution in [0.5, 0.6) is 0 Å². The quantitative estimate of drug-likeness (QED) is 0.741. The average Bonchev–Trinajstić information content (AvgIpc) is 2.45. The average molecular weight is 276 g/mol. The maximum atomic E-state index is 12.0. The van der Waals surface area contributed by atoms with E-state index in [9.17, 15) is 14.4 Å². The number of primary amides is 1. The van der Waals surface area contributed by atoms with Crippen LogP contribution in [0.15, 0.2) is 30.3 Å². The second kappa shape index (κ2) is 6.05. The molecule has 1 aliphatic rings. The molecule has 1 atom stereocenters. The van der Waals surface area contributed by atoms with E-state index in [2.05, 4.69) is 10.6 Å². The first kappa shape index (κ1) is 13.9. The van der Waals surface area contributed by atoms with E-state index in [1.54, 1.807) is 30.3 Å². The minimum absolute atomic E-state index is 0.317. The molecule has 0 bridgehead atoms. The van der Waals surface area contributed by atoms with Gasteiger partial charge in [0.25, 0.3) is 0 Å². The van der Waals surface area contributed by atoms with Gasteiger partial charge in [-0.05, 0) is 12.0 Å². The van der Waals surface area contributed by atoms with Crippen LogP contribution in [-0.4, -0.2) is 36.0 Å². The molecular formula is C13H16N4O3. The molecule has 0 aromatic heterocycles. The van der Waals surface area contributed by atoms with E-state index in [1.807, 2.05) is 0 Å². The predicted molar refractivity (Wildman–Crippen MR) is 71.6 cm³/mol. The van der Waals surface area contributed by atoms with Crippen molar-refractivity contribution in [1.29, 1.82) is 0 Å². The molecule has 1 saturated heterocycles. The molecule has 106 valence electrons. The molecule has 20 heavy (non-hydrogen) atoms. The van der Waals surface area contributed by atoms with Crippen molar-refractivity contribution in [3.05, 3.63) is 35.9 Å². The Bertz CT molecular complexity index is 518. The lowest BCUT2D eigenvalue weighted by Gasteiger charge is -2.27. The lowest BCUT2D eigenvalue weighted by Crippen LogP contribution is -2.54. The zero-order valence-corrected chi connectivity index (χ0v) is 10.8. The molecule has 1 heterocycles. The molecule has 0 aliphatic carbocycles. The highest BCUT2D eigenvalue weighted by Crippen LogP contribution is 2.13. The van der Waals surface area contributed by atoms with Crippen LogP contribution >= 0.6 is 0 Å². The van der Waals surface area contributed by atoms with Crippen molar-refractivity contribution < 1.29 is 14.4 Å². The van der Waals surface area contributed by atoms with E-state index in [1.165, 1.54) is 0 Å². The maximum Gasteiger partial charge on any atom is 0.326 e. The summed E-state index contributed by atoms with van der Waals surface area (Å²) in [6.45, 7) is 0.860. The summed E-state index contributed by atoms with van der Waals surface area (Å²) in [5, 5.41) is 5.05. The van der Waals surface area contributed by atoms with E-state index in [-0.39, 0.29) is 0 Å². The summed E-state index contributed by atoms with van der Waals surface area (Å²) in [7, 11) is 0. The number of amides is 5. The summed E-state index contributed by atoms with van der Waals surface area (Å²) in [4.78, 5) is 36.1. The molecule has 7 nitrogen and oxygen atoms in total. The van der Waals surface area contributed by atoms with Crippen molar-refractivity contribution in [2.75, 3.05) is 13.1 Å². The summed E-state index contributed by atoms with van der Waals surface area (Å²) in [5.41, 5.74) is 5.88. The molecule has 7 heteroatoms. The third kappa shape index (κ3) is 3.05. The molecular weight excluding hydrogens is 260 g/mol. The van der Waals surface area contributed by atoms with Crippen molar-refractivity contribution in [2.24, 2.45) is 5.73 Å². The Morgan fingerprint density at radius 3 is 2.60 bits per heavy atom. The van der Waals surface area contributed by atoms with E-state index < -0.39 is 24.0 Å². The topological polar surface area (TPSA) is 105 Å². The molecule has 1 aliphatic heterocycles. The summed E-state index contributed by atoms with van der Waals surface area (Å²) >= 11 is 0. The standard InChI is InChI=1S/C13H16N4O3/c14-11(18)10(9-5-2-1-3-6-9)16-13(20)17-8-4-7-15-12(17)19/h1-3,5-6,10H,4,7-8H2,(H2,14,18)(H,15,19)(H,16,20). The minimum atomic E-state index is -0.960. The van der Waals surface area contributed by atoms with Gasteiger partial charge in [-0.2, -0.15) is 0 Å². The number of carbonyl (C=O) groups is 3. The van der Waals surface area contributed by atoms with Crippen molar-refractivity contribution in [1.82, 2.24) is 15.5 Å². The fourth-order valence-electron chi connectivity index (χ4n) is 1.99. The van der Waals surface area contributed by atoms with Crippen molar-refractivity contribution in [2.45, 2.75) is 12.5 Å². The third-order valence-corrected chi connectivity index (χ3v) is 3.01. The SMILES string of the molecule is NC(=O)C(NC(=O)N1CCCNC1=O)c1ccccc1. The van der Waals surface area contributed by atoms with Crippen LogP contribution in [0.2, 0.25) is 0 Å². The number of hydrogen-bond donors (Lipinski definition) is 3. The molecule has 1 aromatic carbocycles. The Kier molecular flexibility index (Phi) is 4.19. The Hall–Kier alpha value is -2.57. The molecule has 1 unspecified atom stereocenters. The Morgan fingerprint density at radius 1 is 1.30 bits per heavy atom. The fraction of sp³-hybridized carbons (Fsp3) is 0.308. The lowest BCUT2D eigenvalue weighted by molar-refractivity contribution is -0.120. The number of hydrogen-bond acceptors (Lipinski definition) is 3. The van der Waals surface area contributed by atoms with Crippen LogP contribution in [-0.2, 0) is 4.79 Å². The molecule has 0 radical (unpaired) electrons. The number of nitrogens with one attached hydrogen (secondary N) is 2. The van der Waals surface area contributed by atoms with Gasteiger partial charge in [0.15, 0.2) is 0 Å². The molecule has 2 rings (SSSR count). The molecule has 1 aromatic rings. The van der Waals surface area contributed by atoms with Crippen molar-refractivity contribution in [3.63, 3.8) is 0 Å². The molecule has 4 N–H and O–H groups in total. The van der Waals surface area contributed by atoms with Crippen LogP contribution in [0.4, 0.5) is 9.59 Å². The second-order valence-electron chi connectivity index (χ2n) is 4.43. The van der Waals surface area contributed by atoms with Gasteiger partial charge in [-0.25, -0.2) is 14.5 Å². The van der Waals surface area contributed by atoms with Crippen LogP contribution in [0.25, 0.3) is 0 Å². The summed E-state index contributed by atoms with van der Waals surface area (Å²) in [6, 6.07) is 6.59. The van der Waals surface area contributed by atoms with E-state index in [0.29, 0.717) is 25.1 Å². The van der Waals surface area contributed by atoms with Gasteiger partial charge in [0.05, 0.1) is 0 Å². The molecule has 0 saturated carbocycles. The Balaban J connectivity index is 2.10. The van der Waals surface area contributed by atoms with Gasteiger partial charge in [-0.3, -0.25) is 4.79 Å². The monoisotopic (exact) mass is 276 g/mol. The summed E-state index contributed by atoms with van der Waals surface area (Å²) in [5.74, 6) is -0.679. The van der Waals surface area contributed by atoms with Gasteiger partial charge in [0.1, 0.15) is 6.04 Å². The first-order valence-corrected chi connectivity index (χ1v) is 6.29. The first-order valence-electron chi connectivity index (χ1n) is 6.29. The Labute approximate surface area is 116 Å². The highest BCUT2D eigenvalue weighted by molar-refractivity contribution is 5.96. The number of urea groups is 2. The van der Waals surface area contributed by atoms with Gasteiger partial charge in [-0.1, -0.05) is 30.3 Å². The first-order chi connectivity index (χ1) is 9.59.